The molecule has 178 valence electrons. The second kappa shape index (κ2) is 21.4. The quantitative estimate of drug-likeness (QED) is 0.209. The number of hydrogen-bond donors (Lipinski definition) is 3. The van der Waals surface area contributed by atoms with Crippen molar-refractivity contribution in [2.45, 2.75) is 110 Å². The van der Waals surface area contributed by atoms with Crippen LogP contribution < -0.4 is 0 Å². The Labute approximate surface area is 188 Å². The van der Waals surface area contributed by atoms with E-state index in [0.29, 0.717) is 6.61 Å². The van der Waals surface area contributed by atoms with Crippen LogP contribution in [0, 0.1) is 0 Å². The van der Waals surface area contributed by atoms with Gasteiger partial charge >= 0.3 is 11.9 Å². The van der Waals surface area contributed by atoms with Gasteiger partial charge in [-0.25, -0.2) is 9.59 Å². The minimum absolute atomic E-state index is 0.190. The molecule has 0 unspecified atom stereocenters. The Morgan fingerprint density at radius 2 is 0.871 bits per heavy atom. The molecule has 0 spiro atoms. The summed E-state index contributed by atoms with van der Waals surface area (Å²) in [5, 5.41) is 25.8. The molecule has 31 heavy (non-hydrogen) atoms. The third kappa shape index (κ3) is 17.5. The molecule has 0 atom stereocenters. The first kappa shape index (κ1) is 29.1. The lowest BCUT2D eigenvalue weighted by molar-refractivity contribution is 0.0651. The lowest BCUT2D eigenvalue weighted by Gasteiger charge is -2.03. The molecule has 1 aromatic carbocycles. The van der Waals surface area contributed by atoms with Gasteiger partial charge in [-0.15, -0.1) is 0 Å². The van der Waals surface area contributed by atoms with Crippen molar-refractivity contribution >= 4 is 11.9 Å². The molecule has 0 saturated heterocycles. The maximum atomic E-state index is 10.5. The van der Waals surface area contributed by atoms with Crippen LogP contribution in [0.1, 0.15) is 130 Å². The largest absolute Gasteiger partial charge is 0.478 e. The van der Waals surface area contributed by atoms with Crippen LogP contribution in [0.4, 0.5) is 0 Å². The molecule has 0 aliphatic heterocycles. The number of hydrogen-bond acceptors (Lipinski definition) is 3. The smallest absolute Gasteiger partial charge is 0.336 e. The Balaban J connectivity index is 0.000000639. The minimum atomic E-state index is -1.23. The van der Waals surface area contributed by atoms with Gasteiger partial charge in [0.2, 0.25) is 0 Å². The fraction of sp³-hybridized carbons (Fsp3) is 0.692. The van der Waals surface area contributed by atoms with Gasteiger partial charge in [-0.05, 0) is 18.6 Å². The lowest BCUT2D eigenvalue weighted by Crippen LogP contribution is -2.06. The molecule has 0 bridgehead atoms. The number of rotatable bonds is 18. The van der Waals surface area contributed by atoms with Crippen LogP contribution in [-0.4, -0.2) is 33.9 Å². The number of aliphatic hydroxyl groups excluding tert-OH is 1. The molecule has 0 aliphatic rings. The van der Waals surface area contributed by atoms with E-state index in [9.17, 15) is 9.59 Å². The monoisotopic (exact) mass is 436 g/mol. The molecule has 0 heterocycles. The summed E-state index contributed by atoms with van der Waals surface area (Å²) in [5.41, 5.74) is -0.380. The van der Waals surface area contributed by atoms with Gasteiger partial charge in [-0.3, -0.25) is 0 Å². The van der Waals surface area contributed by atoms with Crippen molar-refractivity contribution in [1.82, 2.24) is 0 Å². The first-order chi connectivity index (χ1) is 15.0. The topological polar surface area (TPSA) is 94.8 Å². The molecular weight excluding hydrogens is 392 g/mol. The van der Waals surface area contributed by atoms with Crippen molar-refractivity contribution in [3.63, 3.8) is 0 Å². The number of aliphatic hydroxyl groups is 1. The normalized spacial score (nSPS) is 10.4. The second-order valence-corrected chi connectivity index (χ2v) is 8.18. The minimum Gasteiger partial charge on any atom is -0.478 e. The third-order valence-electron chi connectivity index (χ3n) is 5.40. The van der Waals surface area contributed by atoms with Gasteiger partial charge in [-0.2, -0.15) is 0 Å². The van der Waals surface area contributed by atoms with E-state index in [0.717, 1.165) is 6.42 Å². The van der Waals surface area contributed by atoms with E-state index in [2.05, 4.69) is 6.92 Å². The fourth-order valence-corrected chi connectivity index (χ4v) is 3.52. The van der Waals surface area contributed by atoms with Crippen molar-refractivity contribution in [3.05, 3.63) is 35.4 Å². The average Bonchev–Trinajstić information content (AvgIpc) is 2.77. The molecule has 5 heteroatoms. The first-order valence-electron chi connectivity index (χ1n) is 12.2. The zero-order valence-electron chi connectivity index (χ0n) is 19.5. The van der Waals surface area contributed by atoms with Crippen LogP contribution >= 0.6 is 0 Å². The number of benzene rings is 1. The third-order valence-corrected chi connectivity index (χ3v) is 5.40. The van der Waals surface area contributed by atoms with E-state index in [4.69, 9.17) is 15.3 Å². The highest BCUT2D eigenvalue weighted by Crippen LogP contribution is 2.13. The molecule has 0 fully saturated rings. The van der Waals surface area contributed by atoms with E-state index in [1.54, 1.807) is 0 Å². The summed E-state index contributed by atoms with van der Waals surface area (Å²) in [6.07, 6.45) is 22.2. The van der Waals surface area contributed by atoms with Crippen LogP contribution in [0.5, 0.6) is 0 Å². The molecule has 1 rings (SSSR count). The summed E-state index contributed by atoms with van der Waals surface area (Å²) in [7, 11) is 0. The van der Waals surface area contributed by atoms with Crippen molar-refractivity contribution in [3.8, 4) is 0 Å². The van der Waals surface area contributed by atoms with Crippen LogP contribution in [0.3, 0.4) is 0 Å². The Morgan fingerprint density at radius 3 is 1.13 bits per heavy atom. The van der Waals surface area contributed by atoms with E-state index in [1.807, 2.05) is 0 Å². The second-order valence-electron chi connectivity index (χ2n) is 8.18. The number of aromatic carboxylic acids is 2. The summed E-state index contributed by atoms with van der Waals surface area (Å²) in [6, 6.07) is 5.48. The van der Waals surface area contributed by atoms with Gasteiger partial charge in [0.1, 0.15) is 0 Å². The molecule has 3 N–H and O–H groups in total. The van der Waals surface area contributed by atoms with Crippen molar-refractivity contribution in [1.29, 1.82) is 0 Å². The highest BCUT2D eigenvalue weighted by molar-refractivity contribution is 6.01. The fourth-order valence-electron chi connectivity index (χ4n) is 3.52. The van der Waals surface area contributed by atoms with Crippen LogP contribution in [0.15, 0.2) is 24.3 Å². The number of carboxylic acids is 2. The van der Waals surface area contributed by atoms with Gasteiger partial charge < -0.3 is 15.3 Å². The van der Waals surface area contributed by atoms with E-state index in [-0.39, 0.29) is 11.1 Å². The molecule has 0 amide bonds. The number of unbranched alkanes of at least 4 members (excludes halogenated alkanes) is 15. The molecule has 0 aliphatic carbocycles. The molecule has 5 nitrogen and oxygen atoms in total. The number of carboxylic acid groups (broad SMARTS) is 2. The van der Waals surface area contributed by atoms with E-state index >= 15 is 0 Å². The van der Waals surface area contributed by atoms with Gasteiger partial charge in [0, 0.05) is 6.61 Å². The van der Waals surface area contributed by atoms with E-state index < -0.39 is 11.9 Å². The molecule has 1 aromatic rings. The molecule has 0 aromatic heterocycles. The van der Waals surface area contributed by atoms with Gasteiger partial charge in [0.05, 0.1) is 11.1 Å². The summed E-state index contributed by atoms with van der Waals surface area (Å²) in [5.74, 6) is -2.46. The summed E-state index contributed by atoms with van der Waals surface area (Å²) in [6.45, 7) is 2.66. The predicted molar refractivity (Wildman–Crippen MR) is 127 cm³/mol. The maximum Gasteiger partial charge on any atom is 0.336 e. The zero-order chi connectivity index (χ0) is 23.2. The number of carbonyl (C=O) groups is 2. The highest BCUT2D eigenvalue weighted by Gasteiger charge is 2.13. The van der Waals surface area contributed by atoms with Gasteiger partial charge in [-0.1, -0.05) is 115 Å². The Morgan fingerprint density at radius 1 is 0.581 bits per heavy atom. The van der Waals surface area contributed by atoms with Crippen molar-refractivity contribution < 1.29 is 24.9 Å². The zero-order valence-corrected chi connectivity index (χ0v) is 19.5. The molecule has 0 saturated carbocycles. The van der Waals surface area contributed by atoms with Crippen LogP contribution in [0.2, 0.25) is 0 Å². The first-order valence-corrected chi connectivity index (χ1v) is 12.2. The molecular formula is C26H44O5. The summed E-state index contributed by atoms with van der Waals surface area (Å²) < 4.78 is 0. The summed E-state index contributed by atoms with van der Waals surface area (Å²) in [4.78, 5) is 20.9. The summed E-state index contributed by atoms with van der Waals surface area (Å²) >= 11 is 0. The van der Waals surface area contributed by atoms with Gasteiger partial charge in [0.25, 0.3) is 0 Å². The van der Waals surface area contributed by atoms with Crippen LogP contribution in [0.25, 0.3) is 0 Å². The SMILES string of the molecule is CCCCCCCCCCCCCCCCCCO.O=C(O)c1ccccc1C(=O)O. The molecule has 0 radical (unpaired) electrons. The Kier molecular flexibility index (Phi) is 20.1. The lowest BCUT2D eigenvalue weighted by atomic mass is 10.0. The Hall–Kier alpha value is -1.88. The maximum absolute atomic E-state index is 10.5. The Bertz CT molecular complexity index is 522. The average molecular weight is 437 g/mol. The van der Waals surface area contributed by atoms with Gasteiger partial charge in [0.15, 0.2) is 0 Å². The van der Waals surface area contributed by atoms with Crippen molar-refractivity contribution in [2.75, 3.05) is 6.61 Å². The van der Waals surface area contributed by atoms with E-state index in [1.165, 1.54) is 121 Å². The highest BCUT2D eigenvalue weighted by atomic mass is 16.4. The van der Waals surface area contributed by atoms with Crippen molar-refractivity contribution in [2.24, 2.45) is 0 Å². The van der Waals surface area contributed by atoms with Crippen LogP contribution in [-0.2, 0) is 0 Å². The predicted octanol–water partition coefficient (Wildman–Crippen LogP) is 7.32. The standard InChI is InChI=1S/C18H38O.C8H6O4/c1-2-3-4-5-6-7-8-9-10-11-12-13-14-15-16-17-18-19;9-7(10)5-3-1-2-4-6(5)8(11)12/h19H,2-18H2,1H3;1-4H,(H,9,10)(H,11,12).